The molecule has 0 saturated carbocycles. The molecule has 1 heterocycles. The summed E-state index contributed by atoms with van der Waals surface area (Å²) >= 11 is 0. The number of alkyl halides is 3. The first kappa shape index (κ1) is 26.5. The predicted octanol–water partition coefficient (Wildman–Crippen LogP) is 3.09. The normalized spacial score (nSPS) is 18.7. The van der Waals surface area contributed by atoms with Crippen LogP contribution >= 0.6 is 0 Å². The average molecular weight is 496 g/mol. The minimum atomic E-state index is -4.66. The number of carbonyl (C=O) groups is 2. The van der Waals surface area contributed by atoms with Crippen LogP contribution in [-0.2, 0) is 31.8 Å². The van der Waals surface area contributed by atoms with Crippen LogP contribution in [0.2, 0.25) is 0 Å². The number of aliphatic hydroxyl groups is 1. The van der Waals surface area contributed by atoms with E-state index in [4.69, 9.17) is 14.2 Å². The quantitative estimate of drug-likeness (QED) is 0.493. The van der Waals surface area contributed by atoms with Crippen LogP contribution in [0.15, 0.2) is 42.5 Å². The number of rotatable bonds is 9. The zero-order valence-electron chi connectivity index (χ0n) is 19.3. The van der Waals surface area contributed by atoms with Gasteiger partial charge in [0.2, 0.25) is 11.8 Å². The zero-order chi connectivity index (χ0) is 25.6. The lowest BCUT2D eigenvalue weighted by Gasteiger charge is -2.27. The maximum Gasteiger partial charge on any atom is 0.419 e. The van der Waals surface area contributed by atoms with Crippen LogP contribution < -0.4 is 15.4 Å². The van der Waals surface area contributed by atoms with Crippen molar-refractivity contribution in [2.75, 3.05) is 26.9 Å². The van der Waals surface area contributed by atoms with Gasteiger partial charge in [0.1, 0.15) is 23.6 Å². The van der Waals surface area contributed by atoms with E-state index in [1.54, 1.807) is 12.1 Å². The molecule has 2 amide bonds. The molecule has 0 spiro atoms. The van der Waals surface area contributed by atoms with Gasteiger partial charge in [-0.05, 0) is 42.3 Å². The molecule has 2 aromatic rings. The Morgan fingerprint density at radius 2 is 1.91 bits per heavy atom. The highest BCUT2D eigenvalue weighted by molar-refractivity contribution is 5.92. The number of halogens is 3. The van der Waals surface area contributed by atoms with E-state index in [1.165, 1.54) is 38.3 Å². The molecule has 0 aromatic heterocycles. The maximum absolute atomic E-state index is 13.5. The van der Waals surface area contributed by atoms with Gasteiger partial charge in [-0.3, -0.25) is 9.59 Å². The number of ether oxygens (including phenoxy) is 3. The molecule has 1 aliphatic rings. The summed E-state index contributed by atoms with van der Waals surface area (Å²) in [6.07, 6.45) is -5.40. The molecule has 8 nitrogen and oxygen atoms in total. The summed E-state index contributed by atoms with van der Waals surface area (Å²) in [7, 11) is 1.37. The fourth-order valence-electron chi connectivity index (χ4n) is 3.61. The second kappa shape index (κ2) is 11.1. The SMILES string of the molecule is COCC(=O)NC1(C(=O)NCc2ccc(Oc3ccc(C(C)O)cc3C(F)(F)F)cc2)CCOC1. The van der Waals surface area contributed by atoms with Crippen LogP contribution in [0, 0.1) is 0 Å². The number of methoxy groups -OCH3 is 1. The van der Waals surface area contributed by atoms with E-state index in [9.17, 15) is 27.9 Å². The number of nitrogens with one attached hydrogen (secondary N) is 2. The highest BCUT2D eigenvalue weighted by atomic mass is 19.4. The third-order valence-electron chi connectivity index (χ3n) is 5.51. The zero-order valence-corrected chi connectivity index (χ0v) is 19.3. The predicted molar refractivity (Wildman–Crippen MR) is 119 cm³/mol. The van der Waals surface area contributed by atoms with Crippen molar-refractivity contribution in [2.45, 2.75) is 37.7 Å². The number of hydrogen-bond donors (Lipinski definition) is 3. The molecular weight excluding hydrogens is 469 g/mol. The molecule has 1 aliphatic heterocycles. The molecule has 3 N–H and O–H groups in total. The van der Waals surface area contributed by atoms with E-state index in [0.29, 0.717) is 18.6 Å². The summed E-state index contributed by atoms with van der Waals surface area (Å²) in [6.45, 7) is 1.68. The lowest BCUT2D eigenvalue weighted by Crippen LogP contribution is -2.59. The highest BCUT2D eigenvalue weighted by Crippen LogP contribution is 2.39. The van der Waals surface area contributed by atoms with Crippen molar-refractivity contribution in [3.63, 3.8) is 0 Å². The molecule has 1 fully saturated rings. The van der Waals surface area contributed by atoms with Crippen molar-refractivity contribution in [3.8, 4) is 11.5 Å². The molecule has 35 heavy (non-hydrogen) atoms. The molecular formula is C24H27F3N2O6. The number of amides is 2. The van der Waals surface area contributed by atoms with Crippen LogP contribution in [0.25, 0.3) is 0 Å². The summed E-state index contributed by atoms with van der Waals surface area (Å²) in [6, 6.07) is 9.58. The highest BCUT2D eigenvalue weighted by Gasteiger charge is 2.43. The third kappa shape index (κ3) is 6.71. The Kier molecular flexibility index (Phi) is 8.36. The minimum absolute atomic E-state index is 0.0381. The molecule has 3 rings (SSSR count). The first-order valence-corrected chi connectivity index (χ1v) is 10.9. The molecule has 11 heteroatoms. The second-order valence-corrected chi connectivity index (χ2v) is 8.22. The van der Waals surface area contributed by atoms with Gasteiger partial charge < -0.3 is 30.0 Å². The molecule has 2 unspecified atom stereocenters. The minimum Gasteiger partial charge on any atom is -0.457 e. The van der Waals surface area contributed by atoms with Crippen LogP contribution in [0.1, 0.15) is 36.1 Å². The van der Waals surface area contributed by atoms with Crippen LogP contribution in [-0.4, -0.2) is 49.4 Å². The van der Waals surface area contributed by atoms with Gasteiger partial charge in [0.25, 0.3) is 0 Å². The molecule has 1 saturated heterocycles. The first-order chi connectivity index (χ1) is 16.5. The topological polar surface area (TPSA) is 106 Å². The van der Waals surface area contributed by atoms with Gasteiger partial charge in [-0.15, -0.1) is 0 Å². The third-order valence-corrected chi connectivity index (χ3v) is 5.51. The van der Waals surface area contributed by atoms with Crippen molar-refractivity contribution < 1.29 is 42.1 Å². The number of hydrogen-bond acceptors (Lipinski definition) is 6. The molecule has 0 aliphatic carbocycles. The number of benzene rings is 2. The van der Waals surface area contributed by atoms with E-state index >= 15 is 0 Å². The number of carbonyl (C=O) groups excluding carboxylic acids is 2. The van der Waals surface area contributed by atoms with Crippen molar-refractivity contribution in [1.29, 1.82) is 0 Å². The Morgan fingerprint density at radius 3 is 2.49 bits per heavy atom. The summed E-state index contributed by atoms with van der Waals surface area (Å²) in [5.74, 6) is -1.07. The van der Waals surface area contributed by atoms with Gasteiger partial charge in [0.15, 0.2) is 0 Å². The van der Waals surface area contributed by atoms with Gasteiger partial charge in [0.05, 0.1) is 18.3 Å². The Bertz CT molecular complexity index is 1030. The summed E-state index contributed by atoms with van der Waals surface area (Å²) in [4.78, 5) is 24.7. The lowest BCUT2D eigenvalue weighted by atomic mass is 9.97. The Morgan fingerprint density at radius 1 is 1.20 bits per heavy atom. The fourth-order valence-corrected chi connectivity index (χ4v) is 3.61. The summed E-state index contributed by atoms with van der Waals surface area (Å²) in [5.41, 5.74) is -1.39. The van der Waals surface area contributed by atoms with Crippen molar-refractivity contribution in [1.82, 2.24) is 10.6 Å². The number of aliphatic hydroxyl groups excluding tert-OH is 1. The van der Waals surface area contributed by atoms with E-state index in [-0.39, 0.29) is 31.1 Å². The summed E-state index contributed by atoms with van der Waals surface area (Å²) in [5, 5.41) is 15.0. The monoisotopic (exact) mass is 496 g/mol. The van der Waals surface area contributed by atoms with Gasteiger partial charge in [-0.1, -0.05) is 18.2 Å². The second-order valence-electron chi connectivity index (χ2n) is 8.22. The molecule has 0 radical (unpaired) electrons. The van der Waals surface area contributed by atoms with Crippen LogP contribution in [0.3, 0.4) is 0 Å². The lowest BCUT2D eigenvalue weighted by molar-refractivity contribution is -0.138. The van der Waals surface area contributed by atoms with E-state index < -0.39 is 40.9 Å². The van der Waals surface area contributed by atoms with Crippen LogP contribution in [0.5, 0.6) is 11.5 Å². The molecule has 190 valence electrons. The van der Waals surface area contributed by atoms with Gasteiger partial charge in [0, 0.05) is 26.7 Å². The smallest absolute Gasteiger partial charge is 0.419 e. The Hall–Kier alpha value is -3.15. The van der Waals surface area contributed by atoms with Gasteiger partial charge in [-0.2, -0.15) is 13.2 Å². The van der Waals surface area contributed by atoms with Gasteiger partial charge >= 0.3 is 6.18 Å². The first-order valence-electron chi connectivity index (χ1n) is 10.9. The largest absolute Gasteiger partial charge is 0.457 e. The van der Waals surface area contributed by atoms with Crippen molar-refractivity contribution in [2.24, 2.45) is 0 Å². The van der Waals surface area contributed by atoms with Crippen molar-refractivity contribution >= 4 is 11.8 Å². The van der Waals surface area contributed by atoms with Gasteiger partial charge in [-0.25, -0.2) is 0 Å². The Balaban J connectivity index is 1.66. The summed E-state index contributed by atoms with van der Waals surface area (Å²) < 4.78 is 56.0. The molecule has 2 aromatic carbocycles. The van der Waals surface area contributed by atoms with E-state index in [0.717, 1.165) is 6.07 Å². The van der Waals surface area contributed by atoms with Crippen molar-refractivity contribution in [3.05, 3.63) is 59.2 Å². The van der Waals surface area contributed by atoms with Crippen LogP contribution in [0.4, 0.5) is 13.2 Å². The maximum atomic E-state index is 13.5. The van der Waals surface area contributed by atoms with E-state index in [2.05, 4.69) is 10.6 Å². The molecule has 2 atom stereocenters. The fraction of sp³-hybridized carbons (Fsp3) is 0.417. The Labute approximate surface area is 200 Å². The molecule has 0 bridgehead atoms. The average Bonchev–Trinajstić information content (AvgIpc) is 3.27. The standard InChI is InChI=1S/C24H27F3N2O6/c1-15(30)17-5-8-20(19(11-17)24(25,26)27)35-18-6-3-16(4-7-18)12-28-22(32)23(9-10-34-14-23)29-21(31)13-33-2/h3-8,11,15,30H,9-10,12-14H2,1-2H3,(H,28,32)(H,29,31). The van der Waals surface area contributed by atoms with E-state index in [1.807, 2.05) is 0 Å².